The first-order valence-corrected chi connectivity index (χ1v) is 8.82. The Morgan fingerprint density at radius 3 is 2.96 bits per heavy atom. The standard InChI is InChI=1S/C19H18N6O/c1-2-9-25(8-1)16-10-13(5-7-20-16)18-23-17(26-24-18)11-14-12-22-19-15(14)4-3-6-21-19/h3-7,10,12H,1-2,8-9,11H2,(H,21,22). The Balaban J connectivity index is 1.41. The zero-order valence-electron chi connectivity index (χ0n) is 14.2. The maximum Gasteiger partial charge on any atom is 0.231 e. The van der Waals surface area contributed by atoms with Crippen LogP contribution >= 0.6 is 0 Å². The third-order valence-electron chi connectivity index (χ3n) is 4.78. The largest absolute Gasteiger partial charge is 0.357 e. The van der Waals surface area contributed by atoms with Gasteiger partial charge in [-0.15, -0.1) is 0 Å². The van der Waals surface area contributed by atoms with Crippen molar-refractivity contribution >= 4 is 16.9 Å². The summed E-state index contributed by atoms with van der Waals surface area (Å²) in [4.78, 5) is 18.8. The van der Waals surface area contributed by atoms with E-state index in [1.807, 2.05) is 36.7 Å². The summed E-state index contributed by atoms with van der Waals surface area (Å²) in [5, 5.41) is 5.23. The van der Waals surface area contributed by atoms with E-state index in [1.54, 1.807) is 6.20 Å². The Morgan fingerprint density at radius 1 is 1.12 bits per heavy atom. The minimum absolute atomic E-state index is 0.572. The third kappa shape index (κ3) is 2.71. The van der Waals surface area contributed by atoms with E-state index >= 15 is 0 Å². The van der Waals surface area contributed by atoms with Gasteiger partial charge in [-0.25, -0.2) is 9.97 Å². The monoisotopic (exact) mass is 346 g/mol. The number of hydrogen-bond acceptors (Lipinski definition) is 6. The molecule has 26 heavy (non-hydrogen) atoms. The Labute approximate surface area is 150 Å². The first-order valence-electron chi connectivity index (χ1n) is 8.82. The van der Waals surface area contributed by atoms with Gasteiger partial charge in [0.15, 0.2) is 0 Å². The van der Waals surface area contributed by atoms with Crippen molar-refractivity contribution in [3.05, 3.63) is 54.3 Å². The second-order valence-corrected chi connectivity index (χ2v) is 6.50. The minimum Gasteiger partial charge on any atom is -0.357 e. The van der Waals surface area contributed by atoms with Crippen LogP contribution in [0.15, 0.2) is 47.4 Å². The lowest BCUT2D eigenvalue weighted by Crippen LogP contribution is -2.18. The number of pyridine rings is 2. The predicted molar refractivity (Wildman–Crippen MR) is 97.9 cm³/mol. The van der Waals surface area contributed by atoms with Crippen LogP contribution in [0.5, 0.6) is 0 Å². The average molecular weight is 346 g/mol. The van der Waals surface area contributed by atoms with Crippen molar-refractivity contribution in [3.63, 3.8) is 0 Å². The maximum absolute atomic E-state index is 5.48. The topological polar surface area (TPSA) is 83.7 Å². The molecule has 4 aromatic heterocycles. The molecule has 0 saturated carbocycles. The lowest BCUT2D eigenvalue weighted by atomic mass is 10.1. The van der Waals surface area contributed by atoms with Gasteiger partial charge in [-0.05, 0) is 42.7 Å². The fourth-order valence-electron chi connectivity index (χ4n) is 3.44. The molecule has 1 aliphatic rings. The van der Waals surface area contributed by atoms with E-state index in [4.69, 9.17) is 4.52 Å². The van der Waals surface area contributed by atoms with Crippen LogP contribution in [0.25, 0.3) is 22.4 Å². The number of hydrogen-bond donors (Lipinski definition) is 1. The van der Waals surface area contributed by atoms with Crippen LogP contribution in [-0.4, -0.2) is 38.2 Å². The molecule has 4 aromatic rings. The van der Waals surface area contributed by atoms with E-state index in [2.05, 4.69) is 30.0 Å². The van der Waals surface area contributed by atoms with Crippen molar-refractivity contribution in [1.29, 1.82) is 0 Å². The molecule has 1 fully saturated rings. The summed E-state index contributed by atoms with van der Waals surface area (Å²) < 4.78 is 5.48. The van der Waals surface area contributed by atoms with Crippen molar-refractivity contribution in [3.8, 4) is 11.4 Å². The predicted octanol–water partition coefficient (Wildman–Crippen LogP) is 3.20. The molecule has 5 rings (SSSR count). The Hall–Kier alpha value is -3.22. The number of anilines is 1. The maximum atomic E-state index is 5.48. The van der Waals surface area contributed by atoms with Gasteiger partial charge in [0.2, 0.25) is 11.7 Å². The number of nitrogens with one attached hydrogen (secondary N) is 1. The fourth-order valence-corrected chi connectivity index (χ4v) is 3.44. The van der Waals surface area contributed by atoms with Crippen molar-refractivity contribution in [2.24, 2.45) is 0 Å². The third-order valence-corrected chi connectivity index (χ3v) is 4.78. The smallest absolute Gasteiger partial charge is 0.231 e. The van der Waals surface area contributed by atoms with Gasteiger partial charge in [0.1, 0.15) is 11.5 Å². The van der Waals surface area contributed by atoms with Gasteiger partial charge < -0.3 is 14.4 Å². The quantitative estimate of drug-likeness (QED) is 0.611. The molecule has 7 heteroatoms. The zero-order chi connectivity index (χ0) is 17.3. The highest BCUT2D eigenvalue weighted by Gasteiger charge is 2.16. The zero-order valence-corrected chi connectivity index (χ0v) is 14.2. The van der Waals surface area contributed by atoms with Crippen LogP contribution in [0.1, 0.15) is 24.3 Å². The summed E-state index contributed by atoms with van der Waals surface area (Å²) in [6.07, 6.45) is 8.54. The van der Waals surface area contributed by atoms with Crippen LogP contribution in [0.3, 0.4) is 0 Å². The lowest BCUT2D eigenvalue weighted by Gasteiger charge is -2.16. The van der Waals surface area contributed by atoms with Crippen LogP contribution in [0.4, 0.5) is 5.82 Å². The molecule has 0 radical (unpaired) electrons. The molecule has 0 amide bonds. The number of nitrogens with zero attached hydrogens (tertiary/aromatic N) is 5. The molecule has 0 atom stereocenters. The second kappa shape index (κ2) is 6.25. The van der Waals surface area contributed by atoms with Gasteiger partial charge in [0, 0.05) is 42.6 Å². The number of aromatic amines is 1. The first-order chi connectivity index (χ1) is 12.9. The Kier molecular flexibility index (Phi) is 3.62. The number of rotatable bonds is 4. The number of fused-ring (bicyclic) bond motifs is 1. The molecule has 0 unspecified atom stereocenters. The minimum atomic E-state index is 0.572. The Bertz CT molecular complexity index is 1050. The van der Waals surface area contributed by atoms with E-state index in [9.17, 15) is 0 Å². The lowest BCUT2D eigenvalue weighted by molar-refractivity contribution is 0.386. The van der Waals surface area contributed by atoms with Crippen LogP contribution < -0.4 is 4.90 Å². The molecule has 1 aliphatic heterocycles. The molecule has 0 bridgehead atoms. The molecule has 0 spiro atoms. The van der Waals surface area contributed by atoms with Crippen LogP contribution in [-0.2, 0) is 6.42 Å². The molecular formula is C19H18N6O. The molecule has 1 N–H and O–H groups in total. The van der Waals surface area contributed by atoms with Crippen molar-refractivity contribution in [2.75, 3.05) is 18.0 Å². The van der Waals surface area contributed by atoms with E-state index in [1.165, 1.54) is 12.8 Å². The number of H-pyrrole nitrogens is 1. The fraction of sp³-hybridized carbons (Fsp3) is 0.263. The highest BCUT2D eigenvalue weighted by atomic mass is 16.5. The summed E-state index contributed by atoms with van der Waals surface area (Å²) in [5.41, 5.74) is 2.89. The average Bonchev–Trinajstić information content (AvgIpc) is 3.44. The van der Waals surface area contributed by atoms with Gasteiger partial charge in [-0.2, -0.15) is 4.98 Å². The normalized spacial score (nSPS) is 14.4. The van der Waals surface area contributed by atoms with Gasteiger partial charge in [-0.1, -0.05) is 5.16 Å². The van der Waals surface area contributed by atoms with Crippen LogP contribution in [0, 0.1) is 0 Å². The summed E-state index contributed by atoms with van der Waals surface area (Å²) >= 11 is 0. The van der Waals surface area contributed by atoms with Crippen LogP contribution in [0.2, 0.25) is 0 Å². The van der Waals surface area contributed by atoms with Crippen molar-refractivity contribution in [1.82, 2.24) is 25.1 Å². The molecule has 7 nitrogen and oxygen atoms in total. The SMILES string of the molecule is c1cnc2[nH]cc(Cc3nc(-c4ccnc(N5CCCC5)c4)no3)c2c1. The Morgan fingerprint density at radius 2 is 2.04 bits per heavy atom. The van der Waals surface area contributed by atoms with E-state index in [-0.39, 0.29) is 0 Å². The molecule has 0 aromatic carbocycles. The molecule has 5 heterocycles. The van der Waals surface area contributed by atoms with E-state index in [0.29, 0.717) is 18.1 Å². The van der Waals surface area contributed by atoms with Crippen molar-refractivity contribution in [2.45, 2.75) is 19.3 Å². The van der Waals surface area contributed by atoms with E-state index in [0.717, 1.165) is 41.1 Å². The molecule has 1 saturated heterocycles. The summed E-state index contributed by atoms with van der Waals surface area (Å²) in [5.74, 6) is 2.17. The van der Waals surface area contributed by atoms with Gasteiger partial charge >= 0.3 is 0 Å². The van der Waals surface area contributed by atoms with Gasteiger partial charge in [-0.3, -0.25) is 0 Å². The van der Waals surface area contributed by atoms with Gasteiger partial charge in [0.05, 0.1) is 6.42 Å². The molecular weight excluding hydrogens is 328 g/mol. The van der Waals surface area contributed by atoms with Crippen molar-refractivity contribution < 1.29 is 4.52 Å². The molecule has 0 aliphatic carbocycles. The number of aromatic nitrogens is 5. The molecule has 130 valence electrons. The highest BCUT2D eigenvalue weighted by molar-refractivity contribution is 5.79. The van der Waals surface area contributed by atoms with Gasteiger partial charge in [0.25, 0.3) is 0 Å². The summed E-state index contributed by atoms with van der Waals surface area (Å²) in [6.45, 7) is 2.12. The van der Waals surface area contributed by atoms with E-state index < -0.39 is 0 Å². The first kappa shape index (κ1) is 15.1. The summed E-state index contributed by atoms with van der Waals surface area (Å²) in [6, 6.07) is 7.92. The highest BCUT2D eigenvalue weighted by Crippen LogP contribution is 2.24. The second-order valence-electron chi connectivity index (χ2n) is 6.50. The summed E-state index contributed by atoms with van der Waals surface area (Å²) in [7, 11) is 0.